The van der Waals surface area contributed by atoms with Crippen molar-refractivity contribution in [3.05, 3.63) is 29.8 Å². The molecule has 6 nitrogen and oxygen atoms in total. The van der Waals surface area contributed by atoms with E-state index in [1.54, 1.807) is 0 Å². The molecular formula is C23H39IN4O2. The van der Waals surface area contributed by atoms with E-state index in [1.807, 2.05) is 12.1 Å². The number of guanidine groups is 1. The number of piperidine rings is 1. The fourth-order valence-corrected chi connectivity index (χ4v) is 4.04. The lowest BCUT2D eigenvalue weighted by molar-refractivity contribution is 0.150. The zero-order chi connectivity index (χ0) is 20.5. The van der Waals surface area contributed by atoms with Gasteiger partial charge in [0.05, 0.1) is 13.2 Å². The molecular weight excluding hydrogens is 491 g/mol. The first kappa shape index (κ1) is 25.2. The maximum Gasteiger partial charge on any atom is 0.191 e. The van der Waals surface area contributed by atoms with Crippen LogP contribution in [0.1, 0.15) is 38.7 Å². The molecule has 2 heterocycles. The van der Waals surface area contributed by atoms with E-state index in [4.69, 9.17) is 14.5 Å². The maximum atomic E-state index is 6.01. The molecule has 0 spiro atoms. The third kappa shape index (κ3) is 8.59. The van der Waals surface area contributed by atoms with E-state index < -0.39 is 0 Å². The smallest absolute Gasteiger partial charge is 0.191 e. The summed E-state index contributed by atoms with van der Waals surface area (Å²) in [6.07, 6.45) is 3.57. The molecule has 2 aliphatic rings. The van der Waals surface area contributed by atoms with Crippen LogP contribution in [0.4, 0.5) is 0 Å². The number of rotatable bonds is 8. The summed E-state index contributed by atoms with van der Waals surface area (Å²) in [5, 5.41) is 7.01. The van der Waals surface area contributed by atoms with Crippen molar-refractivity contribution < 1.29 is 9.47 Å². The van der Waals surface area contributed by atoms with Gasteiger partial charge in [0, 0.05) is 38.8 Å². The highest BCUT2D eigenvalue weighted by atomic mass is 127. The highest BCUT2D eigenvalue weighted by molar-refractivity contribution is 14.0. The molecule has 0 aliphatic carbocycles. The second kappa shape index (κ2) is 13.4. The average molecular weight is 530 g/mol. The van der Waals surface area contributed by atoms with E-state index in [2.05, 4.69) is 48.4 Å². The predicted octanol–water partition coefficient (Wildman–Crippen LogP) is 3.44. The second-order valence-corrected chi connectivity index (χ2v) is 8.41. The minimum atomic E-state index is 0. The van der Waals surface area contributed by atoms with Gasteiger partial charge in [-0.15, -0.1) is 24.0 Å². The largest absolute Gasteiger partial charge is 0.489 e. The normalized spacial score (nSPS) is 21.7. The van der Waals surface area contributed by atoms with E-state index in [9.17, 15) is 0 Å². The average Bonchev–Trinajstić information content (AvgIpc) is 3.21. The number of hydrogen-bond acceptors (Lipinski definition) is 4. The van der Waals surface area contributed by atoms with Gasteiger partial charge in [-0.05, 0) is 63.6 Å². The summed E-state index contributed by atoms with van der Waals surface area (Å²) in [5.41, 5.74) is 1.21. The van der Waals surface area contributed by atoms with Crippen LogP contribution in [-0.2, 0) is 4.74 Å². The molecule has 2 N–H and O–H groups in total. The number of aliphatic imine (C=N–C) groups is 1. The Kier molecular flexibility index (Phi) is 11.2. The van der Waals surface area contributed by atoms with Gasteiger partial charge in [0.1, 0.15) is 11.9 Å². The Balaban J connectivity index is 0.00000320. The Labute approximate surface area is 199 Å². The summed E-state index contributed by atoms with van der Waals surface area (Å²) in [6.45, 7) is 13.1. The van der Waals surface area contributed by atoms with Crippen LogP contribution in [0.15, 0.2) is 29.3 Å². The minimum Gasteiger partial charge on any atom is -0.489 e. The first-order valence-electron chi connectivity index (χ1n) is 11.2. The Morgan fingerprint density at radius 2 is 2.10 bits per heavy atom. The number of benzene rings is 1. The van der Waals surface area contributed by atoms with Crippen molar-refractivity contribution in [2.45, 2.75) is 52.2 Å². The number of likely N-dealkylation sites (tertiary alicyclic amines) is 1. The minimum absolute atomic E-state index is 0. The van der Waals surface area contributed by atoms with E-state index in [-0.39, 0.29) is 30.1 Å². The molecule has 2 unspecified atom stereocenters. The zero-order valence-electron chi connectivity index (χ0n) is 18.7. The second-order valence-electron chi connectivity index (χ2n) is 8.41. The van der Waals surface area contributed by atoms with Gasteiger partial charge in [-0.2, -0.15) is 0 Å². The third-order valence-electron chi connectivity index (χ3n) is 5.65. The molecule has 30 heavy (non-hydrogen) atoms. The molecule has 2 atom stereocenters. The fraction of sp³-hybridized carbons (Fsp3) is 0.696. The Bertz CT molecular complexity index is 644. The van der Waals surface area contributed by atoms with E-state index in [0.29, 0.717) is 12.6 Å². The van der Waals surface area contributed by atoms with Crippen molar-refractivity contribution in [3.63, 3.8) is 0 Å². The molecule has 0 radical (unpaired) electrons. The number of nitrogens with zero attached hydrogens (tertiary/aromatic N) is 2. The van der Waals surface area contributed by atoms with Gasteiger partial charge < -0.3 is 25.0 Å². The Morgan fingerprint density at radius 3 is 2.77 bits per heavy atom. The van der Waals surface area contributed by atoms with Gasteiger partial charge in [-0.25, -0.2) is 4.99 Å². The lowest BCUT2D eigenvalue weighted by Gasteiger charge is -2.34. The SMILES string of the molecule is CCNC(=NCC(C)Oc1cccc(C)c1)NC1CCN(CC2CCOC2)CC1.I. The highest BCUT2D eigenvalue weighted by Crippen LogP contribution is 2.18. The molecule has 3 rings (SSSR count). The van der Waals surface area contributed by atoms with Crippen LogP contribution < -0.4 is 15.4 Å². The van der Waals surface area contributed by atoms with Gasteiger partial charge in [0.25, 0.3) is 0 Å². The van der Waals surface area contributed by atoms with E-state index in [1.165, 1.54) is 18.5 Å². The van der Waals surface area contributed by atoms with Crippen LogP contribution in [0.25, 0.3) is 0 Å². The first-order valence-corrected chi connectivity index (χ1v) is 11.2. The van der Waals surface area contributed by atoms with Crippen LogP contribution in [0.5, 0.6) is 5.75 Å². The van der Waals surface area contributed by atoms with Crippen LogP contribution in [0.2, 0.25) is 0 Å². The predicted molar refractivity (Wildman–Crippen MR) is 134 cm³/mol. The molecule has 0 saturated carbocycles. The van der Waals surface area contributed by atoms with Crippen LogP contribution >= 0.6 is 24.0 Å². The van der Waals surface area contributed by atoms with Crippen molar-refractivity contribution in [1.82, 2.24) is 15.5 Å². The number of nitrogens with one attached hydrogen (secondary N) is 2. The molecule has 170 valence electrons. The monoisotopic (exact) mass is 530 g/mol. The van der Waals surface area contributed by atoms with Crippen LogP contribution in [0, 0.1) is 12.8 Å². The molecule has 0 bridgehead atoms. The molecule has 0 amide bonds. The fourth-order valence-electron chi connectivity index (χ4n) is 4.04. The summed E-state index contributed by atoms with van der Waals surface area (Å²) < 4.78 is 11.5. The van der Waals surface area contributed by atoms with Crippen molar-refractivity contribution in [1.29, 1.82) is 0 Å². The maximum absolute atomic E-state index is 6.01. The zero-order valence-corrected chi connectivity index (χ0v) is 21.1. The number of hydrogen-bond donors (Lipinski definition) is 2. The topological polar surface area (TPSA) is 58.1 Å². The summed E-state index contributed by atoms with van der Waals surface area (Å²) in [6, 6.07) is 8.66. The quantitative estimate of drug-likeness (QED) is 0.307. The number of aryl methyl sites for hydroxylation is 1. The summed E-state index contributed by atoms with van der Waals surface area (Å²) in [5.74, 6) is 2.54. The van der Waals surface area contributed by atoms with Crippen molar-refractivity contribution in [2.75, 3.05) is 45.9 Å². The third-order valence-corrected chi connectivity index (χ3v) is 5.65. The number of ether oxygens (including phenoxy) is 2. The lowest BCUT2D eigenvalue weighted by atomic mass is 10.0. The van der Waals surface area contributed by atoms with Crippen molar-refractivity contribution >= 4 is 29.9 Å². The van der Waals surface area contributed by atoms with Gasteiger partial charge in [-0.3, -0.25) is 0 Å². The van der Waals surface area contributed by atoms with Gasteiger partial charge in [-0.1, -0.05) is 12.1 Å². The molecule has 0 aromatic heterocycles. The van der Waals surface area contributed by atoms with Gasteiger partial charge in [0.15, 0.2) is 5.96 Å². The molecule has 7 heteroatoms. The molecule has 2 aliphatic heterocycles. The first-order chi connectivity index (χ1) is 14.1. The Hall–Kier alpha value is -1.06. The summed E-state index contributed by atoms with van der Waals surface area (Å²) in [4.78, 5) is 7.36. The van der Waals surface area contributed by atoms with Crippen molar-refractivity contribution in [3.8, 4) is 5.75 Å². The van der Waals surface area contributed by atoms with Crippen molar-refractivity contribution in [2.24, 2.45) is 10.9 Å². The summed E-state index contributed by atoms with van der Waals surface area (Å²) >= 11 is 0. The summed E-state index contributed by atoms with van der Waals surface area (Å²) in [7, 11) is 0. The number of halogens is 1. The molecule has 2 saturated heterocycles. The highest BCUT2D eigenvalue weighted by Gasteiger charge is 2.24. The van der Waals surface area contributed by atoms with Gasteiger partial charge in [0.2, 0.25) is 0 Å². The van der Waals surface area contributed by atoms with Gasteiger partial charge >= 0.3 is 0 Å². The molecule has 2 fully saturated rings. The Morgan fingerprint density at radius 1 is 1.30 bits per heavy atom. The van der Waals surface area contributed by atoms with Crippen LogP contribution in [-0.4, -0.2) is 68.9 Å². The van der Waals surface area contributed by atoms with E-state index in [0.717, 1.165) is 63.3 Å². The molecule has 1 aromatic rings. The standard InChI is InChI=1S/C23H38N4O2.HI/c1-4-24-23(25-15-19(3)29-22-7-5-6-18(2)14-22)26-21-8-11-27(12-9-21)16-20-10-13-28-17-20;/h5-7,14,19-21H,4,8-13,15-17H2,1-3H3,(H2,24,25,26);1H. The lowest BCUT2D eigenvalue weighted by Crippen LogP contribution is -2.49. The van der Waals surface area contributed by atoms with E-state index >= 15 is 0 Å². The molecule has 1 aromatic carbocycles. The van der Waals surface area contributed by atoms with Crippen LogP contribution in [0.3, 0.4) is 0 Å².